The van der Waals surface area contributed by atoms with Crippen LogP contribution >= 0.6 is 0 Å². The zero-order chi connectivity index (χ0) is 22.0. The molecule has 3 aliphatic rings. The number of rotatable bonds is 7. The lowest BCUT2D eigenvalue weighted by atomic mass is 9.86. The molecule has 3 heterocycles. The highest BCUT2D eigenvalue weighted by Gasteiger charge is 2.42. The maximum Gasteiger partial charge on any atom is 0.245 e. The number of amides is 2. The summed E-state index contributed by atoms with van der Waals surface area (Å²) in [5, 5.41) is 3.40. The molecule has 2 amide bonds. The molecule has 2 atom stereocenters. The SMILES string of the molecule is CC(C)(C)C[C@@H]1NCCN([C@@H](CC2CC2)C(=O)N2CCC(Cc3ncc[nH]3)CC2)C1=O. The number of carbonyl (C=O) groups excluding carboxylic acids is 2. The summed E-state index contributed by atoms with van der Waals surface area (Å²) in [5.74, 6) is 2.50. The summed E-state index contributed by atoms with van der Waals surface area (Å²) < 4.78 is 0. The standard InChI is InChI=1S/C24H39N5O2/c1-24(2,3)16-19-22(30)29(13-10-25-19)20(14-17-4-5-17)23(31)28-11-6-18(7-12-28)15-21-26-8-9-27-21/h8-9,17-20,25H,4-7,10-16H2,1-3H3,(H,26,27)/t19-,20-/m0/s1. The molecule has 7 heteroatoms. The number of aromatic amines is 1. The smallest absolute Gasteiger partial charge is 0.245 e. The molecule has 2 saturated heterocycles. The fraction of sp³-hybridized carbons (Fsp3) is 0.792. The Kier molecular flexibility index (Phi) is 6.70. The molecule has 1 aliphatic carbocycles. The number of carbonyl (C=O) groups is 2. The van der Waals surface area contributed by atoms with Crippen LogP contribution in [0.25, 0.3) is 0 Å². The van der Waals surface area contributed by atoms with Gasteiger partial charge in [-0.2, -0.15) is 0 Å². The van der Waals surface area contributed by atoms with Crippen molar-refractivity contribution in [3.05, 3.63) is 18.2 Å². The van der Waals surface area contributed by atoms with E-state index in [1.807, 2.05) is 16.0 Å². The third-order valence-electron chi connectivity index (χ3n) is 7.02. The number of nitrogens with one attached hydrogen (secondary N) is 2. The van der Waals surface area contributed by atoms with Crippen molar-refractivity contribution < 1.29 is 9.59 Å². The van der Waals surface area contributed by atoms with Crippen LogP contribution < -0.4 is 5.32 Å². The Hall–Kier alpha value is -1.89. The number of hydrogen-bond acceptors (Lipinski definition) is 4. The first kappa shape index (κ1) is 22.3. The van der Waals surface area contributed by atoms with Crippen LogP contribution in [0.4, 0.5) is 0 Å². The number of likely N-dealkylation sites (tertiary alicyclic amines) is 1. The van der Waals surface area contributed by atoms with Crippen LogP contribution in [0.5, 0.6) is 0 Å². The van der Waals surface area contributed by atoms with Crippen LogP contribution in [0, 0.1) is 17.3 Å². The monoisotopic (exact) mass is 429 g/mol. The van der Waals surface area contributed by atoms with Gasteiger partial charge >= 0.3 is 0 Å². The Labute approximate surface area is 186 Å². The molecule has 7 nitrogen and oxygen atoms in total. The molecule has 0 radical (unpaired) electrons. The first-order valence-corrected chi connectivity index (χ1v) is 12.1. The minimum absolute atomic E-state index is 0.0716. The maximum absolute atomic E-state index is 13.6. The molecular formula is C24H39N5O2. The molecule has 172 valence electrons. The molecule has 0 spiro atoms. The minimum atomic E-state index is -0.286. The number of aromatic nitrogens is 2. The molecular weight excluding hydrogens is 390 g/mol. The van der Waals surface area contributed by atoms with Crippen molar-refractivity contribution in [3.8, 4) is 0 Å². The summed E-state index contributed by atoms with van der Waals surface area (Å²) in [6.07, 6.45) is 10.6. The van der Waals surface area contributed by atoms with E-state index >= 15 is 0 Å². The quantitative estimate of drug-likeness (QED) is 0.698. The summed E-state index contributed by atoms with van der Waals surface area (Å²) in [7, 11) is 0. The highest BCUT2D eigenvalue weighted by atomic mass is 16.2. The molecule has 4 rings (SSSR count). The minimum Gasteiger partial charge on any atom is -0.349 e. The first-order valence-electron chi connectivity index (χ1n) is 12.1. The van der Waals surface area contributed by atoms with Gasteiger partial charge in [0.05, 0.1) is 6.04 Å². The van der Waals surface area contributed by atoms with Crippen molar-refractivity contribution in [2.45, 2.75) is 77.8 Å². The molecule has 1 aromatic rings. The van der Waals surface area contributed by atoms with Crippen LogP contribution in [0.15, 0.2) is 12.4 Å². The van der Waals surface area contributed by atoms with Crippen LogP contribution in [0.2, 0.25) is 0 Å². The molecule has 2 aliphatic heterocycles. The Morgan fingerprint density at radius 3 is 2.52 bits per heavy atom. The van der Waals surface area contributed by atoms with Crippen LogP contribution in [0.1, 0.15) is 65.1 Å². The van der Waals surface area contributed by atoms with Gasteiger partial charge in [0.2, 0.25) is 11.8 Å². The van der Waals surface area contributed by atoms with Gasteiger partial charge in [-0.05, 0) is 42.9 Å². The molecule has 1 aromatic heterocycles. The van der Waals surface area contributed by atoms with Gasteiger partial charge in [0, 0.05) is 45.0 Å². The Morgan fingerprint density at radius 1 is 1.16 bits per heavy atom. The summed E-state index contributed by atoms with van der Waals surface area (Å²) in [6, 6.07) is -0.464. The molecule has 3 fully saturated rings. The maximum atomic E-state index is 13.6. The van der Waals surface area contributed by atoms with Gasteiger partial charge in [-0.15, -0.1) is 0 Å². The van der Waals surface area contributed by atoms with Crippen LogP contribution in [0.3, 0.4) is 0 Å². The van der Waals surface area contributed by atoms with Crippen molar-refractivity contribution in [3.63, 3.8) is 0 Å². The molecule has 0 aromatic carbocycles. The van der Waals surface area contributed by atoms with Gasteiger partial charge in [0.25, 0.3) is 0 Å². The van der Waals surface area contributed by atoms with Crippen molar-refractivity contribution in [1.29, 1.82) is 0 Å². The highest BCUT2D eigenvalue weighted by molar-refractivity contribution is 5.90. The Morgan fingerprint density at radius 2 is 1.90 bits per heavy atom. The zero-order valence-corrected chi connectivity index (χ0v) is 19.4. The summed E-state index contributed by atoms with van der Waals surface area (Å²) >= 11 is 0. The average molecular weight is 430 g/mol. The second kappa shape index (κ2) is 9.31. The predicted molar refractivity (Wildman–Crippen MR) is 120 cm³/mol. The molecule has 1 saturated carbocycles. The largest absolute Gasteiger partial charge is 0.349 e. The third-order valence-corrected chi connectivity index (χ3v) is 7.02. The van der Waals surface area contributed by atoms with E-state index in [0.29, 0.717) is 18.4 Å². The number of piperazine rings is 1. The number of imidazole rings is 1. The van der Waals surface area contributed by atoms with E-state index in [2.05, 4.69) is 36.1 Å². The molecule has 31 heavy (non-hydrogen) atoms. The fourth-order valence-electron chi connectivity index (χ4n) is 5.12. The lowest BCUT2D eigenvalue weighted by Gasteiger charge is -2.42. The summed E-state index contributed by atoms with van der Waals surface area (Å²) in [5.41, 5.74) is 0.0716. The van der Waals surface area contributed by atoms with Crippen molar-refractivity contribution >= 4 is 11.8 Å². The fourth-order valence-corrected chi connectivity index (χ4v) is 5.12. The topological polar surface area (TPSA) is 81.3 Å². The van der Waals surface area contributed by atoms with E-state index in [-0.39, 0.29) is 29.3 Å². The van der Waals surface area contributed by atoms with E-state index in [4.69, 9.17) is 0 Å². The van der Waals surface area contributed by atoms with Crippen LogP contribution in [-0.4, -0.2) is 69.8 Å². The van der Waals surface area contributed by atoms with E-state index in [1.54, 1.807) is 6.20 Å². The van der Waals surface area contributed by atoms with E-state index < -0.39 is 0 Å². The van der Waals surface area contributed by atoms with Gasteiger partial charge in [-0.25, -0.2) is 4.98 Å². The lowest BCUT2D eigenvalue weighted by Crippen LogP contribution is -2.62. The van der Waals surface area contributed by atoms with Crippen LogP contribution in [-0.2, 0) is 16.0 Å². The van der Waals surface area contributed by atoms with Crippen molar-refractivity contribution in [1.82, 2.24) is 25.1 Å². The van der Waals surface area contributed by atoms with Crippen molar-refractivity contribution in [2.24, 2.45) is 17.3 Å². The zero-order valence-electron chi connectivity index (χ0n) is 19.4. The van der Waals surface area contributed by atoms with Gasteiger partial charge in [-0.1, -0.05) is 33.6 Å². The summed E-state index contributed by atoms with van der Waals surface area (Å²) in [6.45, 7) is 9.49. The second-order valence-electron chi connectivity index (χ2n) is 11.0. The average Bonchev–Trinajstić information content (AvgIpc) is 3.40. The second-order valence-corrected chi connectivity index (χ2v) is 11.0. The van der Waals surface area contributed by atoms with Gasteiger partial charge in [0.15, 0.2) is 0 Å². The normalized spacial score (nSPS) is 24.5. The van der Waals surface area contributed by atoms with E-state index in [9.17, 15) is 9.59 Å². The molecule has 0 bridgehead atoms. The van der Waals surface area contributed by atoms with Gasteiger partial charge < -0.3 is 20.1 Å². The Bertz CT molecular complexity index is 745. The number of nitrogens with zero attached hydrogens (tertiary/aromatic N) is 3. The number of H-pyrrole nitrogens is 1. The predicted octanol–water partition coefficient (Wildman–Crippen LogP) is 2.60. The molecule has 2 N–H and O–H groups in total. The summed E-state index contributed by atoms with van der Waals surface area (Å²) in [4.78, 5) is 38.4. The van der Waals surface area contributed by atoms with Gasteiger partial charge in [-0.3, -0.25) is 9.59 Å². The highest BCUT2D eigenvalue weighted by Crippen LogP contribution is 2.36. The first-order chi connectivity index (χ1) is 14.8. The van der Waals surface area contributed by atoms with E-state index in [1.165, 1.54) is 12.8 Å². The van der Waals surface area contributed by atoms with Gasteiger partial charge in [0.1, 0.15) is 11.9 Å². The lowest BCUT2D eigenvalue weighted by molar-refractivity contribution is -0.150. The van der Waals surface area contributed by atoms with Crippen molar-refractivity contribution in [2.75, 3.05) is 26.2 Å². The number of piperidine rings is 1. The van der Waals surface area contributed by atoms with E-state index in [0.717, 1.165) is 57.6 Å². The third kappa shape index (κ3) is 5.88. The number of hydrogen-bond donors (Lipinski definition) is 2. The Balaban J connectivity index is 1.39. The molecule has 0 unspecified atom stereocenters.